The molecule has 2 nitrogen and oxygen atoms in total. The first kappa shape index (κ1) is 11.8. The third kappa shape index (κ3) is 2.91. The molecule has 0 saturated carbocycles. The van der Waals surface area contributed by atoms with E-state index in [1.165, 1.54) is 18.2 Å². The number of nitrogens with one attached hydrogen (secondary N) is 1. The molecule has 0 aliphatic carbocycles. The number of aryl methyl sites for hydroxylation is 1. The minimum atomic E-state index is -0.322. The van der Waals surface area contributed by atoms with Crippen LogP contribution in [0.1, 0.15) is 20.8 Å². The molecule has 4 heteroatoms. The lowest BCUT2D eigenvalue weighted by Gasteiger charge is -2.06. The summed E-state index contributed by atoms with van der Waals surface area (Å²) in [5.74, 6) is -0.492. The van der Waals surface area contributed by atoms with Crippen LogP contribution in [-0.2, 0) is 6.54 Å². The van der Waals surface area contributed by atoms with Gasteiger partial charge in [0.15, 0.2) is 0 Å². The van der Waals surface area contributed by atoms with Crippen molar-refractivity contribution in [1.82, 2.24) is 5.32 Å². The Balaban J connectivity index is 2.04. The Labute approximate surface area is 103 Å². The number of hydrogen-bond acceptors (Lipinski definition) is 2. The zero-order valence-electron chi connectivity index (χ0n) is 9.37. The molecule has 0 bridgehead atoms. The summed E-state index contributed by atoms with van der Waals surface area (Å²) in [4.78, 5) is 12.9. The molecule has 0 saturated heterocycles. The summed E-state index contributed by atoms with van der Waals surface area (Å²) in [5.41, 5.74) is 1.16. The number of hydrogen-bond donors (Lipinski definition) is 1. The van der Waals surface area contributed by atoms with Crippen molar-refractivity contribution in [3.63, 3.8) is 0 Å². The normalized spacial score (nSPS) is 10.2. The Bertz CT molecular complexity index is 522. The van der Waals surface area contributed by atoms with Crippen LogP contribution in [0.15, 0.2) is 35.7 Å². The highest BCUT2D eigenvalue weighted by molar-refractivity contribution is 7.09. The van der Waals surface area contributed by atoms with E-state index < -0.39 is 0 Å². The van der Waals surface area contributed by atoms with Crippen molar-refractivity contribution in [3.8, 4) is 0 Å². The van der Waals surface area contributed by atoms with Crippen LogP contribution in [0.4, 0.5) is 4.39 Å². The molecular formula is C13H12FNOS. The van der Waals surface area contributed by atoms with E-state index in [0.717, 1.165) is 4.88 Å². The molecule has 0 unspecified atom stereocenters. The van der Waals surface area contributed by atoms with E-state index in [1.54, 1.807) is 18.3 Å². The number of thiophene rings is 1. The zero-order chi connectivity index (χ0) is 12.3. The summed E-state index contributed by atoms with van der Waals surface area (Å²) in [5, 5.41) is 4.77. The van der Waals surface area contributed by atoms with Gasteiger partial charge in [-0.15, -0.1) is 11.3 Å². The van der Waals surface area contributed by atoms with Crippen LogP contribution < -0.4 is 5.32 Å². The second-order valence-corrected chi connectivity index (χ2v) is 4.75. The maximum Gasteiger partial charge on any atom is 0.251 e. The van der Waals surface area contributed by atoms with E-state index in [-0.39, 0.29) is 11.7 Å². The Morgan fingerprint density at radius 2 is 2.24 bits per heavy atom. The van der Waals surface area contributed by atoms with Crippen molar-refractivity contribution >= 4 is 17.2 Å². The van der Waals surface area contributed by atoms with Gasteiger partial charge in [0.25, 0.3) is 5.91 Å². The quantitative estimate of drug-likeness (QED) is 0.889. The van der Waals surface area contributed by atoms with E-state index >= 15 is 0 Å². The van der Waals surface area contributed by atoms with E-state index in [1.807, 2.05) is 17.5 Å². The predicted molar refractivity (Wildman–Crippen MR) is 66.6 cm³/mol. The molecular weight excluding hydrogens is 237 g/mol. The smallest absolute Gasteiger partial charge is 0.251 e. The molecule has 88 valence electrons. The third-order valence-corrected chi connectivity index (χ3v) is 3.31. The van der Waals surface area contributed by atoms with Crippen molar-refractivity contribution in [3.05, 3.63) is 57.5 Å². The minimum absolute atomic E-state index is 0.170. The Morgan fingerprint density at radius 1 is 1.41 bits per heavy atom. The maximum atomic E-state index is 12.9. The first-order chi connectivity index (χ1) is 8.16. The number of rotatable bonds is 3. The van der Waals surface area contributed by atoms with Crippen LogP contribution in [0.25, 0.3) is 0 Å². The summed E-state index contributed by atoms with van der Waals surface area (Å²) in [7, 11) is 0. The summed E-state index contributed by atoms with van der Waals surface area (Å²) >= 11 is 1.59. The van der Waals surface area contributed by atoms with Crippen molar-refractivity contribution in [1.29, 1.82) is 0 Å². The van der Waals surface area contributed by atoms with Crippen LogP contribution in [0, 0.1) is 12.7 Å². The third-order valence-electron chi connectivity index (χ3n) is 2.44. The van der Waals surface area contributed by atoms with Crippen LogP contribution in [0.3, 0.4) is 0 Å². The minimum Gasteiger partial charge on any atom is -0.347 e. The summed E-state index contributed by atoms with van der Waals surface area (Å²) in [6.45, 7) is 2.23. The monoisotopic (exact) mass is 249 g/mol. The molecule has 2 rings (SSSR count). The van der Waals surface area contributed by atoms with Gasteiger partial charge in [-0.2, -0.15) is 0 Å². The SMILES string of the molecule is Cc1cc(F)ccc1C(=O)NCc1cccs1. The highest BCUT2D eigenvalue weighted by Crippen LogP contribution is 2.11. The number of halogens is 1. The van der Waals surface area contributed by atoms with Gasteiger partial charge < -0.3 is 5.32 Å². The van der Waals surface area contributed by atoms with Gasteiger partial charge in [0.1, 0.15) is 5.82 Å². The average molecular weight is 249 g/mol. The van der Waals surface area contributed by atoms with Crippen molar-refractivity contribution in [2.75, 3.05) is 0 Å². The van der Waals surface area contributed by atoms with Crippen LogP contribution >= 0.6 is 11.3 Å². The van der Waals surface area contributed by atoms with Gasteiger partial charge in [-0.05, 0) is 42.1 Å². The Hall–Kier alpha value is -1.68. The molecule has 1 heterocycles. The molecule has 0 atom stereocenters. The fourth-order valence-electron chi connectivity index (χ4n) is 1.56. The van der Waals surface area contributed by atoms with Gasteiger partial charge in [-0.1, -0.05) is 6.07 Å². The van der Waals surface area contributed by atoms with Crippen LogP contribution in [0.5, 0.6) is 0 Å². The fraction of sp³-hybridized carbons (Fsp3) is 0.154. The highest BCUT2D eigenvalue weighted by atomic mass is 32.1. The highest BCUT2D eigenvalue weighted by Gasteiger charge is 2.09. The Morgan fingerprint density at radius 3 is 2.88 bits per heavy atom. The lowest BCUT2D eigenvalue weighted by molar-refractivity contribution is 0.0950. The number of benzene rings is 1. The average Bonchev–Trinajstić information content (AvgIpc) is 2.78. The molecule has 0 fully saturated rings. The van der Waals surface area contributed by atoms with E-state index in [2.05, 4.69) is 5.32 Å². The lowest BCUT2D eigenvalue weighted by Crippen LogP contribution is -2.23. The second kappa shape index (κ2) is 5.10. The van der Waals surface area contributed by atoms with Gasteiger partial charge in [0, 0.05) is 10.4 Å². The molecule has 1 aromatic heterocycles. The number of carbonyl (C=O) groups is 1. The van der Waals surface area contributed by atoms with Crippen LogP contribution in [0.2, 0.25) is 0 Å². The predicted octanol–water partition coefficient (Wildman–Crippen LogP) is 3.13. The van der Waals surface area contributed by atoms with Gasteiger partial charge >= 0.3 is 0 Å². The maximum absolute atomic E-state index is 12.9. The topological polar surface area (TPSA) is 29.1 Å². The molecule has 17 heavy (non-hydrogen) atoms. The van der Waals surface area contributed by atoms with E-state index in [0.29, 0.717) is 17.7 Å². The van der Waals surface area contributed by atoms with E-state index in [9.17, 15) is 9.18 Å². The molecule has 0 aliphatic rings. The second-order valence-electron chi connectivity index (χ2n) is 3.72. The first-order valence-electron chi connectivity index (χ1n) is 5.23. The zero-order valence-corrected chi connectivity index (χ0v) is 10.2. The molecule has 0 radical (unpaired) electrons. The number of carbonyl (C=O) groups excluding carboxylic acids is 1. The van der Waals surface area contributed by atoms with Crippen molar-refractivity contribution < 1.29 is 9.18 Å². The molecule has 1 N–H and O–H groups in total. The summed E-state index contributed by atoms with van der Waals surface area (Å²) in [6.07, 6.45) is 0. The van der Waals surface area contributed by atoms with Crippen LogP contribution in [-0.4, -0.2) is 5.91 Å². The first-order valence-corrected chi connectivity index (χ1v) is 6.11. The Kier molecular flexibility index (Phi) is 3.54. The molecule has 0 aliphatic heterocycles. The van der Waals surface area contributed by atoms with Crippen molar-refractivity contribution in [2.24, 2.45) is 0 Å². The van der Waals surface area contributed by atoms with Crippen molar-refractivity contribution in [2.45, 2.75) is 13.5 Å². The van der Waals surface area contributed by atoms with E-state index in [4.69, 9.17) is 0 Å². The lowest BCUT2D eigenvalue weighted by atomic mass is 10.1. The van der Waals surface area contributed by atoms with Gasteiger partial charge in [0.05, 0.1) is 6.54 Å². The largest absolute Gasteiger partial charge is 0.347 e. The molecule has 1 amide bonds. The molecule has 0 spiro atoms. The molecule has 1 aromatic carbocycles. The standard InChI is InChI=1S/C13H12FNOS/c1-9-7-10(14)4-5-12(9)13(16)15-8-11-3-2-6-17-11/h2-7H,8H2,1H3,(H,15,16). The summed E-state index contributed by atoms with van der Waals surface area (Å²) < 4.78 is 12.9. The van der Waals surface area contributed by atoms with Gasteiger partial charge in [0.2, 0.25) is 0 Å². The molecule has 2 aromatic rings. The summed E-state index contributed by atoms with van der Waals surface area (Å²) in [6, 6.07) is 8.07. The van der Waals surface area contributed by atoms with Gasteiger partial charge in [-0.3, -0.25) is 4.79 Å². The number of amides is 1. The fourth-order valence-corrected chi connectivity index (χ4v) is 2.20. The van der Waals surface area contributed by atoms with Gasteiger partial charge in [-0.25, -0.2) is 4.39 Å².